The Morgan fingerprint density at radius 3 is 3.05 bits per heavy atom. The number of nitrogens with zero attached hydrogens (tertiary/aromatic N) is 1. The van der Waals surface area contributed by atoms with Gasteiger partial charge >= 0.3 is 0 Å². The number of aromatic nitrogens is 1. The van der Waals surface area contributed by atoms with E-state index in [1.54, 1.807) is 18.4 Å². The predicted molar refractivity (Wildman–Crippen MR) is 84.6 cm³/mol. The molecule has 0 fully saturated rings. The first-order valence-electron chi connectivity index (χ1n) is 6.59. The second-order valence-electron chi connectivity index (χ2n) is 4.56. The maximum absolute atomic E-state index is 12.0. The number of aliphatic hydroxyl groups is 1. The molecule has 2 N–H and O–H groups in total. The SMILES string of the molecule is COCC(CCO)NC(=O)Cc1csc(-c2ccsc2)n1. The molecule has 0 aliphatic heterocycles. The van der Waals surface area contributed by atoms with E-state index in [9.17, 15) is 4.79 Å². The fraction of sp³-hybridized carbons (Fsp3) is 0.429. The molecule has 0 saturated carbocycles. The van der Waals surface area contributed by atoms with Crippen LogP contribution >= 0.6 is 22.7 Å². The lowest BCUT2D eigenvalue weighted by molar-refractivity contribution is -0.121. The number of amides is 1. The summed E-state index contributed by atoms with van der Waals surface area (Å²) in [5.41, 5.74) is 1.85. The van der Waals surface area contributed by atoms with Gasteiger partial charge in [0.05, 0.1) is 24.8 Å². The molecule has 114 valence electrons. The number of carbonyl (C=O) groups excluding carboxylic acids is 1. The summed E-state index contributed by atoms with van der Waals surface area (Å²) in [4.78, 5) is 16.5. The highest BCUT2D eigenvalue weighted by molar-refractivity contribution is 7.14. The minimum atomic E-state index is -0.164. The van der Waals surface area contributed by atoms with Gasteiger partial charge in [0.2, 0.25) is 5.91 Å². The normalized spacial score (nSPS) is 12.3. The van der Waals surface area contributed by atoms with Crippen molar-refractivity contribution in [1.82, 2.24) is 10.3 Å². The number of thiophene rings is 1. The van der Waals surface area contributed by atoms with Crippen LogP contribution in [0.1, 0.15) is 12.1 Å². The van der Waals surface area contributed by atoms with Crippen molar-refractivity contribution >= 4 is 28.6 Å². The van der Waals surface area contributed by atoms with Crippen LogP contribution in [0.3, 0.4) is 0 Å². The van der Waals surface area contributed by atoms with Crippen molar-refractivity contribution < 1.29 is 14.6 Å². The van der Waals surface area contributed by atoms with E-state index in [0.717, 1.165) is 16.3 Å². The fourth-order valence-corrected chi connectivity index (χ4v) is 3.44. The molecule has 0 aliphatic carbocycles. The molecule has 2 aromatic heterocycles. The van der Waals surface area contributed by atoms with Crippen LogP contribution < -0.4 is 5.32 Å². The summed E-state index contributed by atoms with van der Waals surface area (Å²) in [7, 11) is 1.57. The Balaban J connectivity index is 1.90. The molecule has 0 radical (unpaired) electrons. The third-order valence-electron chi connectivity index (χ3n) is 2.87. The van der Waals surface area contributed by atoms with E-state index in [1.807, 2.05) is 22.2 Å². The molecule has 2 aromatic rings. The zero-order valence-electron chi connectivity index (χ0n) is 11.7. The molecule has 7 heteroatoms. The minimum Gasteiger partial charge on any atom is -0.396 e. The molecule has 21 heavy (non-hydrogen) atoms. The Labute approximate surface area is 131 Å². The van der Waals surface area contributed by atoms with Crippen molar-refractivity contribution in [2.24, 2.45) is 0 Å². The van der Waals surface area contributed by atoms with Gasteiger partial charge in [0.15, 0.2) is 0 Å². The van der Waals surface area contributed by atoms with E-state index in [2.05, 4.69) is 10.3 Å². The number of hydrogen-bond donors (Lipinski definition) is 2. The summed E-state index contributed by atoms with van der Waals surface area (Å²) >= 11 is 3.17. The van der Waals surface area contributed by atoms with Gasteiger partial charge in [0.1, 0.15) is 5.01 Å². The lowest BCUT2D eigenvalue weighted by Gasteiger charge is -2.16. The molecule has 0 bridgehead atoms. The Kier molecular flexibility index (Phi) is 6.31. The lowest BCUT2D eigenvalue weighted by Crippen LogP contribution is -2.39. The molecule has 2 rings (SSSR count). The number of hydrogen-bond acceptors (Lipinski definition) is 6. The molecule has 1 atom stereocenters. The van der Waals surface area contributed by atoms with Crippen LogP contribution in [0.15, 0.2) is 22.2 Å². The third-order valence-corrected chi connectivity index (χ3v) is 4.50. The first-order chi connectivity index (χ1) is 10.2. The summed E-state index contributed by atoms with van der Waals surface area (Å²) < 4.78 is 5.02. The van der Waals surface area contributed by atoms with E-state index in [4.69, 9.17) is 9.84 Å². The van der Waals surface area contributed by atoms with Crippen LogP contribution in [-0.4, -0.2) is 42.4 Å². The van der Waals surface area contributed by atoms with Crippen molar-refractivity contribution in [3.05, 3.63) is 27.9 Å². The summed E-state index contributed by atoms with van der Waals surface area (Å²) in [5.74, 6) is -0.104. The fourth-order valence-electron chi connectivity index (χ4n) is 1.90. The molecule has 0 aromatic carbocycles. The van der Waals surface area contributed by atoms with E-state index >= 15 is 0 Å². The molecular weight excluding hydrogens is 308 g/mol. The Bertz CT molecular complexity index is 548. The first-order valence-corrected chi connectivity index (χ1v) is 8.41. The Morgan fingerprint density at radius 2 is 2.38 bits per heavy atom. The number of carbonyl (C=O) groups is 1. The smallest absolute Gasteiger partial charge is 0.226 e. The van der Waals surface area contributed by atoms with Crippen molar-refractivity contribution in [3.8, 4) is 10.6 Å². The van der Waals surface area contributed by atoms with Crippen LogP contribution in [0, 0.1) is 0 Å². The zero-order valence-corrected chi connectivity index (χ0v) is 13.4. The van der Waals surface area contributed by atoms with Gasteiger partial charge < -0.3 is 15.2 Å². The number of ether oxygens (including phenoxy) is 1. The first kappa shape index (κ1) is 16.1. The van der Waals surface area contributed by atoms with Gasteiger partial charge in [-0.05, 0) is 17.9 Å². The average molecular weight is 326 g/mol. The van der Waals surface area contributed by atoms with Crippen LogP contribution in [0.25, 0.3) is 10.6 Å². The molecule has 5 nitrogen and oxygen atoms in total. The highest BCUT2D eigenvalue weighted by Gasteiger charge is 2.14. The third kappa shape index (κ3) is 4.89. The van der Waals surface area contributed by atoms with Gasteiger partial charge in [-0.1, -0.05) is 0 Å². The van der Waals surface area contributed by atoms with Gasteiger partial charge in [-0.15, -0.1) is 11.3 Å². The maximum atomic E-state index is 12.0. The highest BCUT2D eigenvalue weighted by Crippen LogP contribution is 2.25. The monoisotopic (exact) mass is 326 g/mol. The van der Waals surface area contributed by atoms with Crippen LogP contribution in [0.5, 0.6) is 0 Å². The summed E-state index contributed by atoms with van der Waals surface area (Å²) in [6.45, 7) is 0.414. The van der Waals surface area contributed by atoms with Crippen LogP contribution in [0.2, 0.25) is 0 Å². The summed E-state index contributed by atoms with van der Waals surface area (Å²) in [6, 6.07) is 1.85. The largest absolute Gasteiger partial charge is 0.396 e. The van der Waals surface area contributed by atoms with Crippen LogP contribution in [0.4, 0.5) is 0 Å². The van der Waals surface area contributed by atoms with E-state index in [-0.39, 0.29) is 25.0 Å². The van der Waals surface area contributed by atoms with Gasteiger partial charge in [0, 0.05) is 30.0 Å². The Hall–Kier alpha value is -1.28. The quantitative estimate of drug-likeness (QED) is 0.777. The summed E-state index contributed by atoms with van der Waals surface area (Å²) in [6.07, 6.45) is 0.725. The number of methoxy groups -OCH3 is 1. The molecule has 0 spiro atoms. The number of aliphatic hydroxyl groups excluding tert-OH is 1. The topological polar surface area (TPSA) is 71.5 Å². The molecule has 0 saturated heterocycles. The molecule has 1 unspecified atom stereocenters. The maximum Gasteiger partial charge on any atom is 0.226 e. The van der Waals surface area contributed by atoms with Crippen molar-refractivity contribution in [3.63, 3.8) is 0 Å². The van der Waals surface area contributed by atoms with Crippen molar-refractivity contribution in [2.45, 2.75) is 18.9 Å². The Morgan fingerprint density at radius 1 is 1.52 bits per heavy atom. The van der Waals surface area contributed by atoms with Crippen molar-refractivity contribution in [2.75, 3.05) is 20.3 Å². The molecular formula is C14H18N2O3S2. The molecule has 1 amide bonds. The van der Waals surface area contributed by atoms with Crippen molar-refractivity contribution in [1.29, 1.82) is 0 Å². The van der Waals surface area contributed by atoms with Gasteiger partial charge in [0.25, 0.3) is 0 Å². The van der Waals surface area contributed by atoms with Gasteiger partial charge in [-0.25, -0.2) is 4.98 Å². The van der Waals surface area contributed by atoms with E-state index in [0.29, 0.717) is 13.0 Å². The van der Waals surface area contributed by atoms with E-state index < -0.39 is 0 Å². The molecule has 2 heterocycles. The van der Waals surface area contributed by atoms with Gasteiger partial charge in [-0.3, -0.25) is 4.79 Å². The summed E-state index contributed by atoms with van der Waals surface area (Å²) in [5, 5.41) is 18.7. The second kappa shape index (κ2) is 8.23. The standard InChI is InChI=1S/C14H18N2O3S2/c1-19-7-11(2-4-17)15-13(18)6-12-9-21-14(16-12)10-3-5-20-8-10/h3,5,8-9,11,17H,2,4,6-7H2,1H3,(H,15,18). The number of rotatable bonds is 8. The molecule has 0 aliphatic rings. The lowest BCUT2D eigenvalue weighted by atomic mass is 10.2. The predicted octanol–water partition coefficient (Wildman–Crippen LogP) is 1.93. The van der Waals surface area contributed by atoms with Crippen LogP contribution in [-0.2, 0) is 16.0 Å². The van der Waals surface area contributed by atoms with E-state index in [1.165, 1.54) is 11.3 Å². The second-order valence-corrected chi connectivity index (χ2v) is 6.20. The highest BCUT2D eigenvalue weighted by atomic mass is 32.1. The zero-order chi connectivity index (χ0) is 15.1. The van der Waals surface area contributed by atoms with Gasteiger partial charge in [-0.2, -0.15) is 11.3 Å². The minimum absolute atomic E-state index is 0.0211. The average Bonchev–Trinajstić information content (AvgIpc) is 3.09. The number of thiazole rings is 1. The number of nitrogens with one attached hydrogen (secondary N) is 1.